The van der Waals surface area contributed by atoms with Crippen LogP contribution in [0.5, 0.6) is 0 Å². The van der Waals surface area contributed by atoms with Crippen LogP contribution in [0.25, 0.3) is 0 Å². The minimum atomic E-state index is 0.0393. The van der Waals surface area contributed by atoms with Gasteiger partial charge in [0.25, 0.3) is 0 Å². The van der Waals surface area contributed by atoms with Crippen molar-refractivity contribution in [1.82, 2.24) is 0 Å². The molecule has 1 N–H and O–H groups in total. The molecule has 0 aromatic heterocycles. The van der Waals surface area contributed by atoms with Crippen molar-refractivity contribution < 1.29 is 0 Å². The lowest BCUT2D eigenvalue weighted by molar-refractivity contribution is 0.456. The molecular weight excluding hydrogens is 268 g/mol. The van der Waals surface area contributed by atoms with Crippen LogP contribution < -0.4 is 5.32 Å². The van der Waals surface area contributed by atoms with E-state index in [4.69, 9.17) is 15.5 Å². The third-order valence-corrected chi connectivity index (χ3v) is 4.79. The second-order valence-electron chi connectivity index (χ2n) is 4.75. The summed E-state index contributed by atoms with van der Waals surface area (Å²) < 4.78 is 0. The zero-order valence-electron chi connectivity index (χ0n) is 11.6. The molecule has 0 saturated heterocycles. The SMILES string of the molecule is CCC1(CC)CSC(Nc2ccc(C#N)c(C#N)c2)=N1. The Morgan fingerprint density at radius 1 is 1.25 bits per heavy atom. The van der Waals surface area contributed by atoms with E-state index in [1.165, 1.54) is 0 Å². The highest BCUT2D eigenvalue weighted by molar-refractivity contribution is 8.14. The molecule has 5 heteroatoms. The van der Waals surface area contributed by atoms with Crippen molar-refractivity contribution in [1.29, 1.82) is 10.5 Å². The Bertz CT molecular complexity index is 618. The average Bonchev–Trinajstić information content (AvgIpc) is 2.91. The van der Waals surface area contributed by atoms with Gasteiger partial charge < -0.3 is 5.32 Å². The molecule has 1 aromatic carbocycles. The first-order valence-electron chi connectivity index (χ1n) is 6.60. The number of nitriles is 2. The van der Waals surface area contributed by atoms with Crippen LogP contribution in [0, 0.1) is 22.7 Å². The zero-order valence-corrected chi connectivity index (χ0v) is 12.4. The molecule has 4 nitrogen and oxygen atoms in total. The van der Waals surface area contributed by atoms with E-state index in [1.54, 1.807) is 30.0 Å². The maximum absolute atomic E-state index is 9.03. The fourth-order valence-corrected chi connectivity index (χ4v) is 3.42. The fourth-order valence-electron chi connectivity index (χ4n) is 2.09. The van der Waals surface area contributed by atoms with Gasteiger partial charge in [0.15, 0.2) is 5.17 Å². The van der Waals surface area contributed by atoms with Gasteiger partial charge in [0, 0.05) is 11.4 Å². The number of anilines is 1. The number of hydrogen-bond donors (Lipinski definition) is 1. The third-order valence-electron chi connectivity index (χ3n) is 3.64. The van der Waals surface area contributed by atoms with E-state index in [1.807, 2.05) is 12.1 Å². The van der Waals surface area contributed by atoms with Crippen molar-refractivity contribution in [2.24, 2.45) is 4.99 Å². The Morgan fingerprint density at radius 3 is 2.50 bits per heavy atom. The zero-order chi connectivity index (χ0) is 14.6. The molecule has 0 atom stereocenters. The van der Waals surface area contributed by atoms with Crippen LogP contribution in [-0.4, -0.2) is 16.5 Å². The molecular formula is C15H16N4S. The molecule has 1 aliphatic rings. The Kier molecular flexibility index (Phi) is 4.32. The molecule has 0 aliphatic carbocycles. The standard InChI is InChI=1S/C15H16N4S/c1-3-15(4-2)10-20-14(19-15)18-13-6-5-11(8-16)12(7-13)9-17/h5-7H,3-4,10H2,1-2H3,(H,18,19). The molecule has 102 valence electrons. The van der Waals surface area contributed by atoms with Crippen LogP contribution >= 0.6 is 11.8 Å². The molecule has 2 rings (SSSR count). The molecule has 1 aromatic rings. The van der Waals surface area contributed by atoms with Crippen molar-refractivity contribution in [3.05, 3.63) is 29.3 Å². The first-order chi connectivity index (χ1) is 9.66. The number of nitrogens with one attached hydrogen (secondary N) is 1. The van der Waals surface area contributed by atoms with Gasteiger partial charge in [-0.05, 0) is 31.0 Å². The van der Waals surface area contributed by atoms with Crippen LogP contribution in [0.3, 0.4) is 0 Å². The first-order valence-corrected chi connectivity index (χ1v) is 7.59. The summed E-state index contributed by atoms with van der Waals surface area (Å²) >= 11 is 1.71. The highest BCUT2D eigenvalue weighted by atomic mass is 32.2. The molecule has 0 spiro atoms. The highest BCUT2D eigenvalue weighted by Crippen LogP contribution is 2.33. The molecule has 0 bridgehead atoms. The van der Waals surface area contributed by atoms with Crippen LogP contribution in [0.15, 0.2) is 23.2 Å². The Hall–Kier alpha value is -1.98. The number of rotatable bonds is 3. The van der Waals surface area contributed by atoms with Gasteiger partial charge in [-0.1, -0.05) is 25.6 Å². The van der Waals surface area contributed by atoms with Gasteiger partial charge in [-0.25, -0.2) is 0 Å². The predicted octanol–water partition coefficient (Wildman–Crippen LogP) is 3.50. The molecule has 0 unspecified atom stereocenters. The molecule has 0 radical (unpaired) electrons. The largest absolute Gasteiger partial charge is 0.335 e. The highest BCUT2D eigenvalue weighted by Gasteiger charge is 2.32. The fraction of sp³-hybridized carbons (Fsp3) is 0.400. The molecule has 1 heterocycles. The first kappa shape index (κ1) is 14.4. The molecule has 20 heavy (non-hydrogen) atoms. The number of hydrogen-bond acceptors (Lipinski definition) is 5. The molecule has 0 fully saturated rings. The van der Waals surface area contributed by atoms with Crippen molar-refractivity contribution in [2.45, 2.75) is 32.2 Å². The smallest absolute Gasteiger partial charge is 0.161 e. The van der Waals surface area contributed by atoms with Crippen LogP contribution in [-0.2, 0) is 0 Å². The lowest BCUT2D eigenvalue weighted by Gasteiger charge is -2.20. The summed E-state index contributed by atoms with van der Waals surface area (Å²) in [6.45, 7) is 4.32. The Labute approximate surface area is 123 Å². The normalized spacial score (nSPS) is 16.1. The second-order valence-corrected chi connectivity index (χ2v) is 5.71. The number of aliphatic imine (C=N–C) groups is 1. The summed E-state index contributed by atoms with van der Waals surface area (Å²) in [5.74, 6) is 0.990. The maximum atomic E-state index is 9.03. The van der Waals surface area contributed by atoms with Gasteiger partial charge in [-0.15, -0.1) is 0 Å². The van der Waals surface area contributed by atoms with E-state index in [-0.39, 0.29) is 5.54 Å². The topological polar surface area (TPSA) is 72.0 Å². The van der Waals surface area contributed by atoms with E-state index in [0.717, 1.165) is 29.4 Å². The quantitative estimate of drug-likeness (QED) is 0.922. The van der Waals surface area contributed by atoms with Gasteiger partial charge in [0.1, 0.15) is 12.1 Å². The summed E-state index contributed by atoms with van der Waals surface area (Å²) in [6.07, 6.45) is 2.05. The molecule has 1 aliphatic heterocycles. The van der Waals surface area contributed by atoms with Crippen molar-refractivity contribution in [3.63, 3.8) is 0 Å². The minimum absolute atomic E-state index is 0.0393. The van der Waals surface area contributed by atoms with Gasteiger partial charge in [-0.2, -0.15) is 10.5 Å². The van der Waals surface area contributed by atoms with E-state index >= 15 is 0 Å². The Balaban J connectivity index is 2.20. The van der Waals surface area contributed by atoms with E-state index in [9.17, 15) is 0 Å². The lowest BCUT2D eigenvalue weighted by Crippen LogP contribution is -2.24. The molecule has 0 amide bonds. The summed E-state index contributed by atoms with van der Waals surface area (Å²) in [5.41, 5.74) is 1.63. The maximum Gasteiger partial charge on any atom is 0.161 e. The van der Waals surface area contributed by atoms with E-state index in [0.29, 0.717) is 11.1 Å². The second kappa shape index (κ2) is 5.98. The monoisotopic (exact) mass is 284 g/mol. The van der Waals surface area contributed by atoms with Gasteiger partial charge in [-0.3, -0.25) is 4.99 Å². The summed E-state index contributed by atoms with van der Waals surface area (Å²) in [6, 6.07) is 9.21. The van der Waals surface area contributed by atoms with E-state index < -0.39 is 0 Å². The summed E-state index contributed by atoms with van der Waals surface area (Å²) in [7, 11) is 0. The lowest BCUT2D eigenvalue weighted by atomic mass is 9.97. The van der Waals surface area contributed by atoms with Gasteiger partial charge in [0.05, 0.1) is 16.7 Å². The van der Waals surface area contributed by atoms with Crippen molar-refractivity contribution in [2.75, 3.05) is 11.1 Å². The van der Waals surface area contributed by atoms with Gasteiger partial charge >= 0.3 is 0 Å². The minimum Gasteiger partial charge on any atom is -0.335 e. The van der Waals surface area contributed by atoms with Crippen LogP contribution in [0.4, 0.5) is 5.69 Å². The summed E-state index contributed by atoms with van der Waals surface area (Å²) in [5, 5.41) is 22.1. The van der Waals surface area contributed by atoms with Crippen molar-refractivity contribution >= 4 is 22.6 Å². The van der Waals surface area contributed by atoms with Crippen molar-refractivity contribution in [3.8, 4) is 12.1 Å². The number of amidine groups is 1. The van der Waals surface area contributed by atoms with E-state index in [2.05, 4.69) is 19.2 Å². The van der Waals surface area contributed by atoms with Crippen LogP contribution in [0.1, 0.15) is 37.8 Å². The van der Waals surface area contributed by atoms with Gasteiger partial charge in [0.2, 0.25) is 0 Å². The molecule has 0 saturated carbocycles. The number of benzene rings is 1. The number of thioether (sulfide) groups is 1. The average molecular weight is 284 g/mol. The van der Waals surface area contributed by atoms with Crippen LogP contribution in [0.2, 0.25) is 0 Å². The summed E-state index contributed by atoms with van der Waals surface area (Å²) in [4.78, 5) is 4.77. The Morgan fingerprint density at radius 2 is 1.95 bits per heavy atom. The number of nitrogens with zero attached hydrogens (tertiary/aromatic N) is 3. The third kappa shape index (κ3) is 2.79. The predicted molar refractivity (Wildman–Crippen MR) is 82.7 cm³/mol.